The highest BCUT2D eigenvalue weighted by Gasteiger charge is 2.24. The predicted molar refractivity (Wildman–Crippen MR) is 77.9 cm³/mol. The number of nitrogens with one attached hydrogen (secondary N) is 2. The molecule has 2 N–H and O–H groups in total. The van der Waals surface area contributed by atoms with Crippen molar-refractivity contribution < 1.29 is 14.3 Å². The summed E-state index contributed by atoms with van der Waals surface area (Å²) in [4.78, 5) is 13.4. The van der Waals surface area contributed by atoms with Crippen molar-refractivity contribution in [3.63, 3.8) is 0 Å². The summed E-state index contributed by atoms with van der Waals surface area (Å²) in [7, 11) is 0. The van der Waals surface area contributed by atoms with Gasteiger partial charge in [-0.1, -0.05) is 18.2 Å². The Kier molecular flexibility index (Phi) is 3.27. The highest BCUT2D eigenvalue weighted by Crippen LogP contribution is 2.27. The Labute approximate surface area is 120 Å². The number of H-pyrrole nitrogens is 1. The average molecular weight is 284 g/mol. The fraction of sp³-hybridized carbons (Fsp3) is 0.133. The van der Waals surface area contributed by atoms with E-state index in [0.29, 0.717) is 5.82 Å². The Morgan fingerprint density at radius 3 is 2.86 bits per heavy atom. The van der Waals surface area contributed by atoms with Gasteiger partial charge in [0.1, 0.15) is 17.4 Å². The van der Waals surface area contributed by atoms with Crippen LogP contribution in [0.15, 0.2) is 53.1 Å². The molecule has 0 unspecified atom stereocenters. The second-order valence-corrected chi connectivity index (χ2v) is 4.74. The van der Waals surface area contributed by atoms with Crippen LogP contribution in [0.2, 0.25) is 0 Å². The maximum Gasteiger partial charge on any atom is 0.357 e. The lowest BCUT2D eigenvalue weighted by Crippen LogP contribution is -2.17. The molecule has 2 heterocycles. The van der Waals surface area contributed by atoms with E-state index < -0.39 is 4.92 Å². The number of aromatic nitrogens is 1. The number of nitrogens with zero attached hydrogens (tertiary/aromatic N) is 1. The summed E-state index contributed by atoms with van der Waals surface area (Å²) in [6, 6.07) is 12.5. The minimum absolute atomic E-state index is 0.000427. The molecule has 0 aliphatic rings. The van der Waals surface area contributed by atoms with Gasteiger partial charge in [0, 0.05) is 11.5 Å². The summed E-state index contributed by atoms with van der Waals surface area (Å²) in [6.45, 7) is 1.89. The topological polar surface area (TPSA) is 82.5 Å². The van der Waals surface area contributed by atoms with Crippen molar-refractivity contribution in [2.75, 3.05) is 5.32 Å². The number of rotatable bonds is 4. The maximum atomic E-state index is 11.0. The van der Waals surface area contributed by atoms with E-state index in [2.05, 4.69) is 10.3 Å². The number of furan rings is 1. The van der Waals surface area contributed by atoms with E-state index in [9.17, 15) is 10.1 Å². The lowest BCUT2D eigenvalue weighted by atomic mass is 10.2. The minimum atomic E-state index is -0.426. The zero-order valence-corrected chi connectivity index (χ0v) is 11.4. The molecule has 0 radical (unpaired) electrons. The first kappa shape index (κ1) is 13.1. The molecular weight excluding hydrogens is 270 g/mol. The van der Waals surface area contributed by atoms with Crippen LogP contribution >= 0.6 is 0 Å². The molecule has 0 saturated carbocycles. The molecule has 0 aliphatic heterocycles. The monoisotopic (exact) mass is 284 g/mol. The van der Waals surface area contributed by atoms with Crippen LogP contribution in [-0.2, 0) is 0 Å². The number of hydrogen-bond donors (Lipinski definition) is 1. The number of para-hydroxylation sites is 1. The van der Waals surface area contributed by atoms with Crippen LogP contribution in [0.25, 0.3) is 11.0 Å². The minimum Gasteiger partial charge on any atom is -0.457 e. The third kappa shape index (κ3) is 2.55. The zero-order chi connectivity index (χ0) is 14.8. The molecule has 0 spiro atoms. The van der Waals surface area contributed by atoms with Crippen LogP contribution in [0.4, 0.5) is 11.5 Å². The Balaban J connectivity index is 1.89. The van der Waals surface area contributed by atoms with Crippen LogP contribution in [0, 0.1) is 10.1 Å². The highest BCUT2D eigenvalue weighted by atomic mass is 16.6. The van der Waals surface area contributed by atoms with Crippen LogP contribution in [0.3, 0.4) is 0 Å². The van der Waals surface area contributed by atoms with E-state index in [4.69, 9.17) is 4.42 Å². The second kappa shape index (κ2) is 5.24. The van der Waals surface area contributed by atoms with E-state index >= 15 is 0 Å². The summed E-state index contributed by atoms with van der Waals surface area (Å²) in [5.74, 6) is 1.08. The molecule has 6 heteroatoms. The number of benzene rings is 1. The number of hydrogen-bond acceptors (Lipinski definition) is 4. The standard InChI is InChI=1S/C15H13N3O3/c1-10(14-9-11-5-2-3-7-13(11)21-14)17-15-12(18(19)20)6-4-8-16-15/h2-10H,1H3,(H,16,17)/p+1/t10-/m1/s1. The fourth-order valence-corrected chi connectivity index (χ4v) is 2.20. The molecule has 106 valence electrons. The Morgan fingerprint density at radius 2 is 2.10 bits per heavy atom. The summed E-state index contributed by atoms with van der Waals surface area (Å²) >= 11 is 0. The van der Waals surface area contributed by atoms with Crippen LogP contribution < -0.4 is 10.3 Å². The first-order valence-electron chi connectivity index (χ1n) is 6.55. The largest absolute Gasteiger partial charge is 0.457 e. The smallest absolute Gasteiger partial charge is 0.357 e. The molecule has 2 aromatic heterocycles. The van der Waals surface area contributed by atoms with Crippen molar-refractivity contribution in [3.8, 4) is 0 Å². The van der Waals surface area contributed by atoms with Crippen LogP contribution in [-0.4, -0.2) is 4.92 Å². The van der Waals surface area contributed by atoms with Gasteiger partial charge >= 0.3 is 11.5 Å². The van der Waals surface area contributed by atoms with Crippen LogP contribution in [0.1, 0.15) is 18.7 Å². The lowest BCUT2D eigenvalue weighted by molar-refractivity contribution is -0.410. The van der Waals surface area contributed by atoms with Crippen molar-refractivity contribution in [1.29, 1.82) is 0 Å². The molecule has 0 saturated heterocycles. The molecule has 0 aliphatic carbocycles. The Hall–Kier alpha value is -2.89. The summed E-state index contributed by atoms with van der Waals surface area (Å²) < 4.78 is 5.76. The van der Waals surface area contributed by atoms with Gasteiger partial charge < -0.3 is 4.42 Å². The molecule has 6 nitrogen and oxygen atoms in total. The SMILES string of the molecule is C[C@@H](Nc1[nH+]cccc1[N+](=O)[O-])c1cc2ccccc2o1. The summed E-state index contributed by atoms with van der Waals surface area (Å²) in [6.07, 6.45) is 1.64. The number of pyridine rings is 1. The summed E-state index contributed by atoms with van der Waals surface area (Å²) in [5.41, 5.74) is 0.799. The van der Waals surface area contributed by atoms with Gasteiger partial charge in [-0.15, -0.1) is 0 Å². The van der Waals surface area contributed by atoms with Gasteiger partial charge in [-0.3, -0.25) is 15.4 Å². The van der Waals surface area contributed by atoms with Gasteiger partial charge in [-0.05, 0) is 25.1 Å². The van der Waals surface area contributed by atoms with Crippen molar-refractivity contribution >= 4 is 22.5 Å². The van der Waals surface area contributed by atoms with Crippen molar-refractivity contribution in [2.24, 2.45) is 0 Å². The maximum absolute atomic E-state index is 11.0. The van der Waals surface area contributed by atoms with Crippen LogP contribution in [0.5, 0.6) is 0 Å². The molecule has 3 aromatic rings. The van der Waals surface area contributed by atoms with E-state index in [0.717, 1.165) is 16.7 Å². The number of anilines is 1. The number of nitro groups is 1. The van der Waals surface area contributed by atoms with Gasteiger partial charge in [0.25, 0.3) is 0 Å². The first-order chi connectivity index (χ1) is 10.1. The molecule has 0 bridgehead atoms. The number of fused-ring (bicyclic) bond motifs is 1. The van der Waals surface area contributed by atoms with Gasteiger partial charge in [0.2, 0.25) is 0 Å². The lowest BCUT2D eigenvalue weighted by Gasteiger charge is -2.05. The van der Waals surface area contributed by atoms with Gasteiger partial charge in [0.15, 0.2) is 0 Å². The fourth-order valence-electron chi connectivity index (χ4n) is 2.20. The normalized spacial score (nSPS) is 12.2. The molecule has 0 fully saturated rings. The second-order valence-electron chi connectivity index (χ2n) is 4.74. The molecule has 1 aromatic carbocycles. The number of aromatic amines is 1. The van der Waals surface area contributed by atoms with Gasteiger partial charge in [0.05, 0.1) is 11.1 Å². The average Bonchev–Trinajstić information content (AvgIpc) is 2.91. The van der Waals surface area contributed by atoms with Crippen molar-refractivity contribution in [1.82, 2.24) is 0 Å². The van der Waals surface area contributed by atoms with Gasteiger partial charge in [-0.2, -0.15) is 0 Å². The molecule has 0 amide bonds. The summed E-state index contributed by atoms with van der Waals surface area (Å²) in [5, 5.41) is 15.1. The van der Waals surface area contributed by atoms with Gasteiger partial charge in [-0.25, -0.2) is 4.98 Å². The van der Waals surface area contributed by atoms with E-state index in [1.54, 1.807) is 12.3 Å². The predicted octanol–water partition coefficient (Wildman–Crippen LogP) is 3.33. The van der Waals surface area contributed by atoms with Crippen molar-refractivity contribution in [2.45, 2.75) is 13.0 Å². The Morgan fingerprint density at radius 1 is 1.29 bits per heavy atom. The molecular formula is C15H14N3O3+. The first-order valence-corrected chi connectivity index (χ1v) is 6.55. The van der Waals surface area contributed by atoms with E-state index in [1.165, 1.54) is 6.07 Å². The Bertz CT molecular complexity index is 764. The molecule has 1 atom stereocenters. The quantitative estimate of drug-likeness (QED) is 0.588. The van der Waals surface area contributed by atoms with E-state index in [1.807, 2.05) is 37.3 Å². The third-order valence-electron chi connectivity index (χ3n) is 3.26. The molecule has 21 heavy (non-hydrogen) atoms. The van der Waals surface area contributed by atoms with Crippen molar-refractivity contribution in [3.05, 3.63) is 64.5 Å². The molecule has 3 rings (SSSR count). The highest BCUT2D eigenvalue weighted by molar-refractivity contribution is 5.77. The third-order valence-corrected chi connectivity index (χ3v) is 3.26. The van der Waals surface area contributed by atoms with E-state index in [-0.39, 0.29) is 11.7 Å². The zero-order valence-electron chi connectivity index (χ0n) is 11.4.